The second kappa shape index (κ2) is 4.55. The van der Waals surface area contributed by atoms with Crippen molar-refractivity contribution in [1.29, 1.82) is 0 Å². The molecule has 0 spiro atoms. The summed E-state index contributed by atoms with van der Waals surface area (Å²) in [5.41, 5.74) is 1.16. The normalized spacial score (nSPS) is 10.8. The van der Waals surface area contributed by atoms with E-state index in [-0.39, 0.29) is 0 Å². The molecule has 0 aromatic carbocycles. The van der Waals surface area contributed by atoms with Crippen LogP contribution in [-0.2, 0) is 5.75 Å². The standard InChI is InChI=1S/C12H10N4S/c1-2-5-13-11(4-1)17-9-10-8-16-7-3-6-14-12(16)15-10/h1-8H,9H2/p+2. The van der Waals surface area contributed by atoms with E-state index in [2.05, 4.69) is 27.2 Å². The Labute approximate surface area is 103 Å². The molecule has 0 fully saturated rings. The molecule has 0 radical (unpaired) electrons. The van der Waals surface area contributed by atoms with Gasteiger partial charge in [-0.05, 0) is 17.8 Å². The van der Waals surface area contributed by atoms with Crippen LogP contribution in [0.25, 0.3) is 5.78 Å². The van der Waals surface area contributed by atoms with Crippen LogP contribution in [0.1, 0.15) is 5.69 Å². The maximum Gasteiger partial charge on any atom is 0.400 e. The highest BCUT2D eigenvalue weighted by Gasteiger charge is 2.09. The van der Waals surface area contributed by atoms with Crippen molar-refractivity contribution in [3.63, 3.8) is 0 Å². The van der Waals surface area contributed by atoms with Crippen LogP contribution in [0.5, 0.6) is 0 Å². The summed E-state index contributed by atoms with van der Waals surface area (Å²) in [5.74, 6) is 1.77. The van der Waals surface area contributed by atoms with E-state index < -0.39 is 0 Å². The van der Waals surface area contributed by atoms with Gasteiger partial charge in [-0.15, -0.1) is 0 Å². The molecule has 0 aliphatic heterocycles. The molecule has 2 N–H and O–H groups in total. The number of hydrogen-bond donors (Lipinski definition) is 1. The second-order valence-electron chi connectivity index (χ2n) is 3.65. The second-order valence-corrected chi connectivity index (χ2v) is 4.66. The lowest BCUT2D eigenvalue weighted by Gasteiger charge is -1.90. The van der Waals surface area contributed by atoms with Crippen LogP contribution < -0.4 is 9.38 Å². The summed E-state index contributed by atoms with van der Waals surface area (Å²) in [7, 11) is 0. The Kier molecular flexibility index (Phi) is 2.75. The molecule has 3 aromatic heterocycles. The van der Waals surface area contributed by atoms with Gasteiger partial charge in [0.25, 0.3) is 0 Å². The van der Waals surface area contributed by atoms with Crippen molar-refractivity contribution in [2.75, 3.05) is 0 Å². The average molecular weight is 244 g/mol. The van der Waals surface area contributed by atoms with Crippen LogP contribution in [0.4, 0.5) is 0 Å². The third-order valence-electron chi connectivity index (χ3n) is 2.41. The number of H-pyrrole nitrogens is 2. The maximum absolute atomic E-state index is 4.25. The first kappa shape index (κ1) is 10.3. The SMILES string of the molecule is c1ccc(SCc2c[n+]3cccnc3[nH]2)[nH+]c1. The van der Waals surface area contributed by atoms with E-state index in [1.54, 1.807) is 18.0 Å². The fourth-order valence-electron chi connectivity index (χ4n) is 1.62. The molecule has 0 saturated heterocycles. The van der Waals surface area contributed by atoms with Gasteiger partial charge in [-0.25, -0.2) is 14.4 Å². The molecule has 0 atom stereocenters. The summed E-state index contributed by atoms with van der Waals surface area (Å²) in [6.45, 7) is 0. The minimum Gasteiger partial charge on any atom is -0.242 e. The van der Waals surface area contributed by atoms with Gasteiger partial charge in [0.2, 0.25) is 5.03 Å². The van der Waals surface area contributed by atoms with Crippen molar-refractivity contribution in [3.05, 3.63) is 54.7 Å². The molecule has 0 saturated carbocycles. The molecule has 3 aromatic rings. The Morgan fingerprint density at radius 1 is 1.35 bits per heavy atom. The number of pyridine rings is 1. The Morgan fingerprint density at radius 3 is 3.18 bits per heavy atom. The molecule has 4 nitrogen and oxygen atoms in total. The summed E-state index contributed by atoms with van der Waals surface area (Å²) in [6.07, 6.45) is 7.78. The first-order chi connectivity index (χ1) is 8.42. The fourth-order valence-corrected chi connectivity index (χ4v) is 2.41. The van der Waals surface area contributed by atoms with E-state index >= 15 is 0 Å². The van der Waals surface area contributed by atoms with E-state index in [1.165, 1.54) is 0 Å². The highest BCUT2D eigenvalue weighted by atomic mass is 32.2. The van der Waals surface area contributed by atoms with Crippen LogP contribution in [0.15, 0.2) is 54.1 Å². The molecular formula is C12H12N4S+2. The van der Waals surface area contributed by atoms with Gasteiger partial charge in [0, 0.05) is 18.2 Å². The minimum atomic E-state index is 0.875. The van der Waals surface area contributed by atoms with Gasteiger partial charge in [0.15, 0.2) is 6.20 Å². The molecule has 3 rings (SSSR count). The highest BCUT2D eigenvalue weighted by molar-refractivity contribution is 7.98. The lowest BCUT2D eigenvalue weighted by atomic mass is 10.5. The molecule has 0 unspecified atom stereocenters. The zero-order valence-corrected chi connectivity index (χ0v) is 9.95. The highest BCUT2D eigenvalue weighted by Crippen LogP contribution is 2.16. The van der Waals surface area contributed by atoms with Crippen LogP contribution in [0.2, 0.25) is 0 Å². The van der Waals surface area contributed by atoms with Crippen LogP contribution in [0.3, 0.4) is 0 Å². The van der Waals surface area contributed by atoms with Crippen LogP contribution in [-0.4, -0.2) is 9.97 Å². The number of hydrogen-bond acceptors (Lipinski definition) is 2. The number of rotatable bonds is 3. The van der Waals surface area contributed by atoms with Crippen LogP contribution >= 0.6 is 11.8 Å². The molecule has 5 heteroatoms. The summed E-state index contributed by atoms with van der Waals surface area (Å²) in [5, 5.41) is 1.16. The Morgan fingerprint density at radius 2 is 2.35 bits per heavy atom. The van der Waals surface area contributed by atoms with E-state index in [9.17, 15) is 0 Å². The molecule has 0 aliphatic rings. The predicted octanol–water partition coefficient (Wildman–Crippen LogP) is 1.25. The third kappa shape index (κ3) is 2.29. The Bertz CT molecular complexity index is 587. The largest absolute Gasteiger partial charge is 0.400 e. The number of aromatic amines is 2. The van der Waals surface area contributed by atoms with Crippen molar-refractivity contribution >= 4 is 17.5 Å². The topological polar surface area (TPSA) is 46.9 Å². The molecular weight excluding hydrogens is 232 g/mol. The van der Waals surface area contributed by atoms with E-state index in [0.717, 1.165) is 22.3 Å². The molecule has 17 heavy (non-hydrogen) atoms. The molecule has 3 heterocycles. The first-order valence-electron chi connectivity index (χ1n) is 5.35. The molecule has 84 valence electrons. The maximum atomic E-state index is 4.25. The van der Waals surface area contributed by atoms with Gasteiger partial charge < -0.3 is 0 Å². The zero-order chi connectivity index (χ0) is 11.5. The molecule has 0 amide bonds. The first-order valence-corrected chi connectivity index (χ1v) is 6.34. The van der Waals surface area contributed by atoms with E-state index in [0.29, 0.717) is 0 Å². The summed E-state index contributed by atoms with van der Waals surface area (Å²) in [6, 6.07) is 7.99. The quantitative estimate of drug-likeness (QED) is 0.557. The monoisotopic (exact) mass is 244 g/mol. The number of aromatic nitrogens is 4. The van der Waals surface area contributed by atoms with Gasteiger partial charge in [-0.2, -0.15) is 0 Å². The minimum absolute atomic E-state index is 0.875. The summed E-state index contributed by atoms with van der Waals surface area (Å²) >= 11 is 1.76. The van der Waals surface area contributed by atoms with Crippen molar-refractivity contribution < 1.29 is 9.38 Å². The van der Waals surface area contributed by atoms with Crippen molar-refractivity contribution in [2.24, 2.45) is 0 Å². The average Bonchev–Trinajstić information content (AvgIpc) is 2.80. The van der Waals surface area contributed by atoms with E-state index in [1.807, 2.05) is 35.0 Å². The molecule has 0 aliphatic carbocycles. The van der Waals surface area contributed by atoms with Gasteiger partial charge in [-0.3, -0.25) is 0 Å². The predicted molar refractivity (Wildman–Crippen MR) is 64.3 cm³/mol. The van der Waals surface area contributed by atoms with E-state index in [4.69, 9.17) is 0 Å². The number of nitrogens with zero attached hydrogens (tertiary/aromatic N) is 2. The number of nitrogens with one attached hydrogen (secondary N) is 2. The van der Waals surface area contributed by atoms with Gasteiger partial charge in [-0.1, -0.05) is 4.98 Å². The van der Waals surface area contributed by atoms with Crippen molar-refractivity contribution in [2.45, 2.75) is 10.8 Å². The van der Waals surface area contributed by atoms with Gasteiger partial charge in [0.1, 0.15) is 18.1 Å². The lowest BCUT2D eigenvalue weighted by molar-refractivity contribution is -0.512. The van der Waals surface area contributed by atoms with Crippen molar-refractivity contribution in [1.82, 2.24) is 9.97 Å². The summed E-state index contributed by atoms with van der Waals surface area (Å²) < 4.78 is 1.99. The number of thioether (sulfide) groups is 1. The zero-order valence-electron chi connectivity index (χ0n) is 9.13. The number of imidazole rings is 1. The van der Waals surface area contributed by atoms with Crippen LogP contribution in [0, 0.1) is 0 Å². The number of fused-ring (bicyclic) bond motifs is 1. The van der Waals surface area contributed by atoms with Crippen molar-refractivity contribution in [3.8, 4) is 0 Å². The van der Waals surface area contributed by atoms with Gasteiger partial charge in [0.05, 0.1) is 11.9 Å². The smallest absolute Gasteiger partial charge is 0.242 e. The molecule has 0 bridgehead atoms. The fraction of sp³-hybridized carbons (Fsp3) is 0.0833. The lowest BCUT2D eigenvalue weighted by Crippen LogP contribution is -2.17. The third-order valence-corrected chi connectivity index (χ3v) is 3.43. The summed E-state index contributed by atoms with van der Waals surface area (Å²) in [4.78, 5) is 10.7. The Balaban J connectivity index is 1.77. The Hall–Kier alpha value is -1.88. The van der Waals surface area contributed by atoms with Gasteiger partial charge >= 0.3 is 5.78 Å².